The van der Waals surface area contributed by atoms with Crippen LogP contribution in [0.2, 0.25) is 0 Å². The molecular formula is C72H45N9. The fourth-order valence-electron chi connectivity index (χ4n) is 11.8. The van der Waals surface area contributed by atoms with E-state index in [1.54, 1.807) is 0 Å². The number of aromatic nitrogens is 9. The molecule has 16 rings (SSSR count). The molecule has 0 aliphatic rings. The Balaban J connectivity index is 0.935. The standard InChI is InChI=1S/C72H45N9/c1-5-21-46(22-6-1)58-43-60(48-37-39-68-56(41-48)54-31-15-17-33-64(54)79(68)50-25-9-3-10-26-50)75-70(73-58)62-45-63(78-72(77-62)81-66-35-19-13-29-52(66)53-30-14-20-36-67(53)81)71-74-59(47-23-7-2-8-24-47)44-61(76-71)49-38-40-69-57(42-49)55-32-16-18-34-65(55)80(69)51-27-11-4-12-28-51/h1-45H. The Labute approximate surface area is 465 Å². The van der Waals surface area contributed by atoms with E-state index in [1.165, 1.54) is 0 Å². The Morgan fingerprint density at radius 2 is 0.494 bits per heavy atom. The summed E-state index contributed by atoms with van der Waals surface area (Å²) in [6.07, 6.45) is 0. The molecule has 0 amide bonds. The van der Waals surface area contributed by atoms with Crippen LogP contribution in [0.15, 0.2) is 273 Å². The predicted octanol–water partition coefficient (Wildman–Crippen LogP) is 17.3. The summed E-state index contributed by atoms with van der Waals surface area (Å²) in [7, 11) is 0. The molecule has 6 aromatic heterocycles. The number of hydrogen-bond acceptors (Lipinski definition) is 6. The molecule has 6 heterocycles. The van der Waals surface area contributed by atoms with Crippen molar-refractivity contribution in [1.82, 2.24) is 43.6 Å². The molecule has 16 aromatic rings. The average molecular weight is 1040 g/mol. The second-order valence-electron chi connectivity index (χ2n) is 20.3. The van der Waals surface area contributed by atoms with Crippen molar-refractivity contribution in [2.75, 3.05) is 0 Å². The third-order valence-electron chi connectivity index (χ3n) is 15.5. The van der Waals surface area contributed by atoms with Crippen LogP contribution in [0.5, 0.6) is 0 Å². The van der Waals surface area contributed by atoms with Gasteiger partial charge in [-0.1, -0.05) is 182 Å². The van der Waals surface area contributed by atoms with Crippen molar-refractivity contribution in [2.24, 2.45) is 0 Å². The highest BCUT2D eigenvalue weighted by molar-refractivity contribution is 6.12. The van der Waals surface area contributed by atoms with Crippen LogP contribution < -0.4 is 0 Å². The van der Waals surface area contributed by atoms with Crippen LogP contribution in [-0.4, -0.2) is 43.6 Å². The minimum atomic E-state index is 0.434. The molecule has 0 fully saturated rings. The Morgan fingerprint density at radius 1 is 0.198 bits per heavy atom. The lowest BCUT2D eigenvalue weighted by Crippen LogP contribution is -2.07. The minimum absolute atomic E-state index is 0.434. The first-order chi connectivity index (χ1) is 40.1. The van der Waals surface area contributed by atoms with Gasteiger partial charge in [0.15, 0.2) is 11.6 Å². The van der Waals surface area contributed by atoms with Crippen molar-refractivity contribution < 1.29 is 0 Å². The predicted molar refractivity (Wildman–Crippen MR) is 329 cm³/mol. The molecule has 0 saturated carbocycles. The second-order valence-corrected chi connectivity index (χ2v) is 20.3. The van der Waals surface area contributed by atoms with Crippen LogP contribution in [0.1, 0.15) is 0 Å². The maximum Gasteiger partial charge on any atom is 0.236 e. The highest BCUT2D eigenvalue weighted by atomic mass is 15.2. The number of benzene rings is 10. The zero-order valence-corrected chi connectivity index (χ0v) is 43.5. The first kappa shape index (κ1) is 46.0. The maximum atomic E-state index is 5.49. The molecule has 378 valence electrons. The lowest BCUT2D eigenvalue weighted by atomic mass is 10.0. The largest absolute Gasteiger partial charge is 0.309 e. The Bertz CT molecular complexity index is 4790. The minimum Gasteiger partial charge on any atom is -0.309 e. The highest BCUT2D eigenvalue weighted by Crippen LogP contribution is 2.40. The van der Waals surface area contributed by atoms with Gasteiger partial charge in [-0.15, -0.1) is 0 Å². The molecule has 0 radical (unpaired) electrons. The second kappa shape index (κ2) is 18.8. The van der Waals surface area contributed by atoms with E-state index in [1.807, 2.05) is 42.5 Å². The van der Waals surface area contributed by atoms with Gasteiger partial charge < -0.3 is 9.13 Å². The fraction of sp³-hybridized carbons (Fsp3) is 0. The molecule has 9 nitrogen and oxygen atoms in total. The third kappa shape index (κ3) is 7.78. The first-order valence-electron chi connectivity index (χ1n) is 27.1. The first-order valence-corrected chi connectivity index (χ1v) is 27.1. The zero-order chi connectivity index (χ0) is 53.4. The van der Waals surface area contributed by atoms with Crippen LogP contribution in [0.3, 0.4) is 0 Å². The highest BCUT2D eigenvalue weighted by Gasteiger charge is 2.23. The van der Waals surface area contributed by atoms with E-state index in [0.717, 1.165) is 122 Å². The van der Waals surface area contributed by atoms with Gasteiger partial charge in [0.1, 0.15) is 11.4 Å². The van der Waals surface area contributed by atoms with Gasteiger partial charge in [0.05, 0.1) is 55.9 Å². The van der Waals surface area contributed by atoms with Crippen molar-refractivity contribution in [3.05, 3.63) is 273 Å². The molecule has 0 N–H and O–H groups in total. The van der Waals surface area contributed by atoms with Gasteiger partial charge in [0.2, 0.25) is 5.95 Å². The van der Waals surface area contributed by atoms with E-state index in [0.29, 0.717) is 29.0 Å². The number of fused-ring (bicyclic) bond motifs is 9. The van der Waals surface area contributed by atoms with Crippen LogP contribution in [0, 0.1) is 0 Å². The van der Waals surface area contributed by atoms with Crippen molar-refractivity contribution in [1.29, 1.82) is 0 Å². The fourth-order valence-corrected chi connectivity index (χ4v) is 11.8. The Morgan fingerprint density at radius 3 is 0.889 bits per heavy atom. The number of rotatable bonds is 9. The summed E-state index contributed by atoms with van der Waals surface area (Å²) in [5, 5.41) is 6.74. The summed E-state index contributed by atoms with van der Waals surface area (Å²) in [6, 6.07) is 95.0. The number of hydrogen-bond donors (Lipinski definition) is 0. The Hall–Kier alpha value is -11.2. The molecule has 0 saturated heterocycles. The van der Waals surface area contributed by atoms with Crippen LogP contribution in [0.4, 0.5) is 0 Å². The van der Waals surface area contributed by atoms with Crippen molar-refractivity contribution in [2.45, 2.75) is 0 Å². The lowest BCUT2D eigenvalue weighted by Gasteiger charge is -2.14. The van der Waals surface area contributed by atoms with E-state index < -0.39 is 0 Å². The van der Waals surface area contributed by atoms with Crippen LogP contribution in [0.25, 0.3) is 151 Å². The van der Waals surface area contributed by atoms with Crippen molar-refractivity contribution in [3.63, 3.8) is 0 Å². The summed E-state index contributed by atoms with van der Waals surface area (Å²) in [6.45, 7) is 0. The topological polar surface area (TPSA) is 92.1 Å². The van der Waals surface area contributed by atoms with Gasteiger partial charge >= 0.3 is 0 Å². The van der Waals surface area contributed by atoms with Gasteiger partial charge in [-0.05, 0) is 91.0 Å². The average Bonchev–Trinajstić information content (AvgIpc) is 4.29. The molecular weight excluding hydrogens is 991 g/mol. The monoisotopic (exact) mass is 1040 g/mol. The molecule has 0 aliphatic heterocycles. The molecule has 0 spiro atoms. The van der Waals surface area contributed by atoms with Gasteiger partial charge in [-0.25, -0.2) is 29.9 Å². The third-order valence-corrected chi connectivity index (χ3v) is 15.5. The Kier molecular flexibility index (Phi) is 10.7. The summed E-state index contributed by atoms with van der Waals surface area (Å²) in [5.74, 6) is 1.31. The normalized spacial score (nSPS) is 11.7. The number of para-hydroxylation sites is 6. The van der Waals surface area contributed by atoms with Crippen LogP contribution in [-0.2, 0) is 0 Å². The van der Waals surface area contributed by atoms with Crippen molar-refractivity contribution in [3.8, 4) is 85.4 Å². The lowest BCUT2D eigenvalue weighted by molar-refractivity contribution is 0.976. The van der Waals surface area contributed by atoms with E-state index in [9.17, 15) is 0 Å². The van der Waals surface area contributed by atoms with E-state index in [-0.39, 0.29) is 0 Å². The maximum absolute atomic E-state index is 5.49. The van der Waals surface area contributed by atoms with Gasteiger partial charge in [0.25, 0.3) is 0 Å². The smallest absolute Gasteiger partial charge is 0.236 e. The molecule has 0 atom stereocenters. The molecule has 9 heteroatoms. The van der Waals surface area contributed by atoms with Gasteiger partial charge in [-0.3, -0.25) is 4.57 Å². The number of nitrogens with zero attached hydrogens (tertiary/aromatic N) is 9. The van der Waals surface area contributed by atoms with E-state index in [4.69, 9.17) is 29.9 Å². The van der Waals surface area contributed by atoms with E-state index >= 15 is 0 Å². The molecule has 10 aromatic carbocycles. The molecule has 0 aliphatic carbocycles. The summed E-state index contributed by atoms with van der Waals surface area (Å²) < 4.78 is 6.79. The quantitative estimate of drug-likeness (QED) is 0.143. The van der Waals surface area contributed by atoms with Crippen LogP contribution >= 0.6 is 0 Å². The summed E-state index contributed by atoms with van der Waals surface area (Å²) >= 11 is 0. The molecule has 81 heavy (non-hydrogen) atoms. The zero-order valence-electron chi connectivity index (χ0n) is 43.5. The molecule has 0 bridgehead atoms. The van der Waals surface area contributed by atoms with Gasteiger partial charge in [-0.2, -0.15) is 0 Å². The van der Waals surface area contributed by atoms with Crippen molar-refractivity contribution >= 4 is 65.4 Å². The van der Waals surface area contributed by atoms with E-state index in [2.05, 4.69) is 244 Å². The summed E-state index contributed by atoms with van der Waals surface area (Å²) in [4.78, 5) is 32.7. The van der Waals surface area contributed by atoms with Gasteiger partial charge in [0, 0.05) is 65.9 Å². The summed E-state index contributed by atoms with van der Waals surface area (Å²) in [5.41, 5.74) is 16.5. The SMILES string of the molecule is c1ccc(-c2cc(-c3ccc4c(c3)c3ccccc3n4-c3ccccc3)nc(-c3cc(-c4nc(-c5ccccc5)cc(-c5ccc6c(c5)c5ccccc5n6-c5ccccc5)n4)nc(-n4c5ccccc5c5ccccc54)n3)n2)cc1. The molecule has 0 unspecified atom stereocenters.